The van der Waals surface area contributed by atoms with Gasteiger partial charge < -0.3 is 39.6 Å². The van der Waals surface area contributed by atoms with Gasteiger partial charge in [-0.15, -0.1) is 0 Å². The number of hydrogen-bond acceptors (Lipinski definition) is 10. The summed E-state index contributed by atoms with van der Waals surface area (Å²) < 4.78 is 26.7. The number of ketones is 1. The fraction of sp³-hybridized carbons (Fsp3) is 0.880. The molecule has 12 heteroatoms. The maximum Gasteiger partial charge on any atom is 0.246 e. The van der Waals surface area contributed by atoms with Crippen molar-refractivity contribution in [3.8, 4) is 0 Å². The molecule has 0 atom stereocenters. The van der Waals surface area contributed by atoms with Crippen LogP contribution in [-0.2, 0) is 38.1 Å². The summed E-state index contributed by atoms with van der Waals surface area (Å²) in [6.45, 7) is 10.6. The van der Waals surface area contributed by atoms with E-state index in [0.29, 0.717) is 59.3 Å². The van der Waals surface area contributed by atoms with Crippen molar-refractivity contribution >= 4 is 17.6 Å². The van der Waals surface area contributed by atoms with Crippen LogP contribution in [-0.4, -0.2) is 135 Å². The number of ether oxygens (including phenoxy) is 5. The van der Waals surface area contributed by atoms with Gasteiger partial charge in [0.2, 0.25) is 11.8 Å². The van der Waals surface area contributed by atoms with Gasteiger partial charge in [-0.25, -0.2) is 0 Å². The summed E-state index contributed by atoms with van der Waals surface area (Å²) in [5, 5.41) is 8.66. The van der Waals surface area contributed by atoms with Crippen molar-refractivity contribution in [2.45, 2.75) is 33.1 Å². The molecule has 0 saturated carbocycles. The number of amides is 2. The minimum Gasteiger partial charge on any atom is -0.380 e. The summed E-state index contributed by atoms with van der Waals surface area (Å²) >= 11 is 0. The smallest absolute Gasteiger partial charge is 0.246 e. The first kappa shape index (κ1) is 35.3. The highest BCUT2D eigenvalue weighted by Gasteiger charge is 2.08. The van der Waals surface area contributed by atoms with Gasteiger partial charge >= 0.3 is 0 Å². The average molecular weight is 535 g/mol. The maximum atomic E-state index is 12.1. The first-order valence-corrected chi connectivity index (χ1v) is 13.3. The van der Waals surface area contributed by atoms with E-state index in [9.17, 15) is 14.4 Å². The molecule has 0 aliphatic carbocycles. The molecule has 0 fully saturated rings. The van der Waals surface area contributed by atoms with Gasteiger partial charge in [-0.3, -0.25) is 19.3 Å². The van der Waals surface area contributed by atoms with Gasteiger partial charge in [-0.1, -0.05) is 6.92 Å². The van der Waals surface area contributed by atoms with Crippen LogP contribution < -0.4 is 16.0 Å². The van der Waals surface area contributed by atoms with E-state index in [1.807, 2.05) is 18.9 Å². The highest BCUT2D eigenvalue weighted by Crippen LogP contribution is 1.95. The number of carbonyl (C=O) groups is 3. The minimum absolute atomic E-state index is 0.0299. The molecule has 0 spiro atoms. The second-order valence-corrected chi connectivity index (χ2v) is 8.38. The fourth-order valence-corrected chi connectivity index (χ4v) is 2.98. The monoisotopic (exact) mass is 534 g/mol. The average Bonchev–Trinajstić information content (AvgIpc) is 2.87. The Balaban J connectivity index is 3.49. The quantitative estimate of drug-likeness (QED) is 0.114. The molecule has 0 rings (SSSR count). The van der Waals surface area contributed by atoms with Crippen LogP contribution in [0.3, 0.4) is 0 Å². The highest BCUT2D eigenvalue weighted by atomic mass is 16.5. The van der Waals surface area contributed by atoms with Crippen molar-refractivity contribution in [2.75, 3.05) is 112 Å². The van der Waals surface area contributed by atoms with Crippen LogP contribution in [0.5, 0.6) is 0 Å². The molecule has 0 aliphatic rings. The summed E-state index contributed by atoms with van der Waals surface area (Å²) in [6, 6.07) is 0. The normalized spacial score (nSPS) is 11.1. The van der Waals surface area contributed by atoms with Gasteiger partial charge in [-0.2, -0.15) is 0 Å². The molecule has 0 aromatic rings. The molecule has 0 saturated heterocycles. The summed E-state index contributed by atoms with van der Waals surface area (Å²) in [5.41, 5.74) is 0. The number of nitrogens with zero attached hydrogens (tertiary/aromatic N) is 1. The summed E-state index contributed by atoms with van der Waals surface area (Å²) in [7, 11) is 1.96. The molecule has 0 radical (unpaired) electrons. The van der Waals surface area contributed by atoms with Crippen LogP contribution in [0.25, 0.3) is 0 Å². The second-order valence-electron chi connectivity index (χ2n) is 8.38. The molecule has 0 aromatic heterocycles. The first-order chi connectivity index (χ1) is 18.0. The molecule has 218 valence electrons. The van der Waals surface area contributed by atoms with Crippen molar-refractivity contribution in [3.05, 3.63) is 0 Å². The van der Waals surface area contributed by atoms with Crippen LogP contribution in [0, 0.1) is 0 Å². The third kappa shape index (κ3) is 27.2. The van der Waals surface area contributed by atoms with Crippen LogP contribution in [0.4, 0.5) is 0 Å². The number of Topliss-reactive ketones (excluding diaryl/α,β-unsaturated/α-hetero) is 1. The Bertz CT molecular complexity index is 569. The van der Waals surface area contributed by atoms with E-state index < -0.39 is 0 Å². The molecule has 2 amide bonds. The summed E-state index contributed by atoms with van der Waals surface area (Å²) in [5.74, 6) is -0.310. The molecule has 12 nitrogen and oxygen atoms in total. The van der Waals surface area contributed by atoms with Gasteiger partial charge in [0.05, 0.1) is 52.8 Å². The Morgan fingerprint density at radius 2 is 1.24 bits per heavy atom. The molecule has 0 unspecified atom stereocenters. The largest absolute Gasteiger partial charge is 0.380 e. The first-order valence-electron chi connectivity index (χ1n) is 13.3. The SMILES string of the molecule is CCN(CCOCCCCCNC)CC(=O)NCCOCCOCC(=O)NCCOCCOCC(C)=O. The number of carbonyl (C=O) groups excluding carboxylic acids is 3. The minimum atomic E-state index is -0.237. The van der Waals surface area contributed by atoms with Crippen LogP contribution in [0.2, 0.25) is 0 Å². The molecule has 3 N–H and O–H groups in total. The Labute approximate surface area is 222 Å². The van der Waals surface area contributed by atoms with Gasteiger partial charge in [0.15, 0.2) is 5.78 Å². The van der Waals surface area contributed by atoms with E-state index in [0.717, 1.165) is 45.5 Å². The topological polar surface area (TPSA) is 137 Å². The van der Waals surface area contributed by atoms with Gasteiger partial charge in [0.1, 0.15) is 13.2 Å². The van der Waals surface area contributed by atoms with Gasteiger partial charge in [0.25, 0.3) is 0 Å². The Hall–Kier alpha value is -1.67. The lowest BCUT2D eigenvalue weighted by Crippen LogP contribution is -2.39. The predicted octanol–water partition coefficient (Wildman–Crippen LogP) is -0.398. The van der Waals surface area contributed by atoms with Gasteiger partial charge in [0, 0.05) is 26.2 Å². The van der Waals surface area contributed by atoms with E-state index in [1.54, 1.807) is 0 Å². The second kappa shape index (κ2) is 27.4. The lowest BCUT2D eigenvalue weighted by atomic mass is 10.2. The number of hydrogen-bond donors (Lipinski definition) is 3. The molecular weight excluding hydrogens is 484 g/mol. The van der Waals surface area contributed by atoms with Crippen LogP contribution >= 0.6 is 0 Å². The lowest BCUT2D eigenvalue weighted by Gasteiger charge is -2.19. The molecule has 37 heavy (non-hydrogen) atoms. The van der Waals surface area contributed by atoms with Crippen LogP contribution in [0.1, 0.15) is 33.1 Å². The Morgan fingerprint density at radius 3 is 1.86 bits per heavy atom. The molecule has 0 bridgehead atoms. The van der Waals surface area contributed by atoms with E-state index >= 15 is 0 Å². The molecule has 0 aliphatic heterocycles. The highest BCUT2D eigenvalue weighted by molar-refractivity contribution is 5.78. The molecule has 0 heterocycles. The fourth-order valence-electron chi connectivity index (χ4n) is 2.98. The number of unbranched alkanes of at least 4 members (excludes halogenated alkanes) is 2. The Morgan fingerprint density at radius 1 is 0.649 bits per heavy atom. The summed E-state index contributed by atoms with van der Waals surface area (Å²) in [6.07, 6.45) is 3.38. The van der Waals surface area contributed by atoms with Crippen molar-refractivity contribution in [1.82, 2.24) is 20.9 Å². The van der Waals surface area contributed by atoms with E-state index in [4.69, 9.17) is 23.7 Å². The van der Waals surface area contributed by atoms with Gasteiger partial charge in [-0.05, 0) is 46.3 Å². The zero-order chi connectivity index (χ0) is 27.4. The van der Waals surface area contributed by atoms with Crippen molar-refractivity contribution in [3.63, 3.8) is 0 Å². The maximum absolute atomic E-state index is 12.1. The molecular formula is C25H50N4O8. The summed E-state index contributed by atoms with van der Waals surface area (Å²) in [4.78, 5) is 36.5. The van der Waals surface area contributed by atoms with E-state index in [2.05, 4.69) is 16.0 Å². The third-order valence-corrected chi connectivity index (χ3v) is 5.00. The van der Waals surface area contributed by atoms with E-state index in [-0.39, 0.29) is 37.4 Å². The third-order valence-electron chi connectivity index (χ3n) is 5.00. The number of likely N-dealkylation sites (N-methyl/N-ethyl adjacent to an activating group) is 1. The van der Waals surface area contributed by atoms with Crippen molar-refractivity contribution in [2.24, 2.45) is 0 Å². The zero-order valence-corrected chi connectivity index (χ0v) is 23.1. The van der Waals surface area contributed by atoms with Crippen molar-refractivity contribution < 1.29 is 38.1 Å². The van der Waals surface area contributed by atoms with Crippen LogP contribution in [0.15, 0.2) is 0 Å². The Kier molecular flexibility index (Phi) is 26.1. The van der Waals surface area contributed by atoms with Crippen molar-refractivity contribution in [1.29, 1.82) is 0 Å². The molecule has 0 aromatic carbocycles. The number of nitrogens with one attached hydrogen (secondary N) is 3. The standard InChI is InChI=1S/C25H50N4O8/c1-4-29(11-15-33-12-7-5-6-8-26-3)20-24(31)27-9-13-34-17-19-37-22-25(32)28-10-14-35-16-18-36-21-23(2)30/h26H,4-22H2,1-3H3,(H,27,31)(H,28,32). The predicted molar refractivity (Wildman–Crippen MR) is 141 cm³/mol. The zero-order valence-electron chi connectivity index (χ0n) is 23.1. The lowest BCUT2D eigenvalue weighted by molar-refractivity contribution is -0.127. The van der Waals surface area contributed by atoms with E-state index in [1.165, 1.54) is 6.92 Å². The number of rotatable bonds is 28.